The molecule has 0 saturated carbocycles. The van der Waals surface area contributed by atoms with Gasteiger partial charge in [0, 0.05) is 83.8 Å². The van der Waals surface area contributed by atoms with E-state index in [-0.39, 0.29) is 40.2 Å². The van der Waals surface area contributed by atoms with Gasteiger partial charge < -0.3 is 24.7 Å². The van der Waals surface area contributed by atoms with E-state index in [1.807, 2.05) is 164 Å². The molecule has 4 aromatic heterocycles. The zero-order chi connectivity index (χ0) is 50.3. The van der Waals surface area contributed by atoms with E-state index in [0.717, 1.165) is 93.0 Å². The van der Waals surface area contributed by atoms with Crippen LogP contribution in [0.5, 0.6) is 0 Å². The molecular weight excluding hydrogens is 1270 g/mol. The summed E-state index contributed by atoms with van der Waals surface area (Å²) in [5.74, 6) is 1.89. The average molecular weight is 1320 g/mol. The van der Waals surface area contributed by atoms with Crippen LogP contribution in [0.15, 0.2) is 249 Å². The van der Waals surface area contributed by atoms with Crippen LogP contribution in [-0.2, 0) is 40.2 Å². The van der Waals surface area contributed by atoms with Crippen LogP contribution in [0, 0.1) is 32.0 Å². The molecule has 0 aliphatic heterocycles. The summed E-state index contributed by atoms with van der Waals surface area (Å²) in [6.45, 7) is 4.12. The van der Waals surface area contributed by atoms with Gasteiger partial charge in [-0.3, -0.25) is 9.55 Å². The van der Waals surface area contributed by atoms with E-state index >= 15 is 0 Å². The first kappa shape index (κ1) is 57.1. The number of imidazole rings is 2. The number of hydrogen-bond acceptors (Lipinski definition) is 6. The first-order chi connectivity index (χ1) is 35.6. The molecular formula is C64H55Ir2N6O2-3. The molecule has 0 fully saturated rings. The van der Waals surface area contributed by atoms with Gasteiger partial charge in [0.05, 0.1) is 27.9 Å². The van der Waals surface area contributed by atoms with Crippen molar-refractivity contribution in [3.05, 3.63) is 278 Å². The molecule has 8 nitrogen and oxygen atoms in total. The molecule has 0 atom stereocenters. The Morgan fingerprint density at radius 3 is 1.11 bits per heavy atom. The van der Waals surface area contributed by atoms with Crippen molar-refractivity contribution in [2.75, 3.05) is 14.2 Å². The summed E-state index contributed by atoms with van der Waals surface area (Å²) in [6, 6.07) is 88.8. The molecule has 12 rings (SSSR count). The topological polar surface area (TPSA) is 102 Å². The summed E-state index contributed by atoms with van der Waals surface area (Å²) in [7, 11) is 2.00. The number of aryl methyl sites for hydroxylation is 2. The second-order valence-electron chi connectivity index (χ2n) is 15.7. The molecule has 0 bridgehead atoms. The van der Waals surface area contributed by atoms with Crippen LogP contribution >= 0.6 is 0 Å². The van der Waals surface area contributed by atoms with Crippen LogP contribution in [0.25, 0.3) is 78.7 Å². The Bertz CT molecular complexity index is 3240. The van der Waals surface area contributed by atoms with Gasteiger partial charge in [-0.1, -0.05) is 114 Å². The van der Waals surface area contributed by atoms with Gasteiger partial charge in [-0.25, -0.2) is 4.98 Å². The van der Waals surface area contributed by atoms with Crippen LogP contribution in [0.2, 0.25) is 0 Å². The average Bonchev–Trinajstić information content (AvgIpc) is 4.06. The molecule has 4 heterocycles. The standard InChI is InChI=1S/C19H14N2.C19H13N2.2C12H10N.2CH4O.2Ir/c2*1-3-9-15(10-4-1)19-20-17-13-7-8-14-18(17)21(19)16-11-5-2-6-12-16;2*1-10-6-5-9-13-12(10)11-7-3-2-4-8-11;2*1-2;;/h1-14H;1-9,11-14H;2*2-7,9H,1H3;2*2H,1H3;;/q;3*-1;;;;. The number of aliphatic hydroxyl groups is 2. The minimum Gasteiger partial charge on any atom is -0.400 e. The molecule has 2 radical (unpaired) electrons. The van der Waals surface area contributed by atoms with E-state index in [1.54, 1.807) is 0 Å². The Balaban J connectivity index is 0.000000181. The molecule has 0 aliphatic carbocycles. The van der Waals surface area contributed by atoms with E-state index in [9.17, 15) is 0 Å². The maximum absolute atomic E-state index is 7.00. The fourth-order valence-electron chi connectivity index (χ4n) is 7.84. The van der Waals surface area contributed by atoms with Crippen LogP contribution < -0.4 is 0 Å². The molecule has 2 N–H and O–H groups in total. The van der Waals surface area contributed by atoms with Gasteiger partial charge in [0.15, 0.2) is 0 Å². The largest absolute Gasteiger partial charge is 0.400 e. The molecule has 12 aromatic rings. The second-order valence-corrected chi connectivity index (χ2v) is 15.7. The predicted molar refractivity (Wildman–Crippen MR) is 295 cm³/mol. The van der Waals surface area contributed by atoms with E-state index < -0.39 is 0 Å². The Kier molecular flexibility index (Phi) is 23.4. The summed E-state index contributed by atoms with van der Waals surface area (Å²) in [6.07, 6.45) is 3.62. The number of rotatable bonds is 6. The normalized spacial score (nSPS) is 9.81. The van der Waals surface area contributed by atoms with Crippen molar-refractivity contribution in [1.29, 1.82) is 0 Å². The van der Waals surface area contributed by atoms with Crippen LogP contribution in [0.4, 0.5) is 0 Å². The number of benzene rings is 8. The van der Waals surface area contributed by atoms with Crippen molar-refractivity contribution in [3.8, 4) is 56.7 Å². The fourth-order valence-corrected chi connectivity index (χ4v) is 7.84. The van der Waals surface area contributed by atoms with Crippen molar-refractivity contribution in [2.24, 2.45) is 0 Å². The Hall–Kier alpha value is -7.78. The minimum atomic E-state index is 0. The first-order valence-corrected chi connectivity index (χ1v) is 23.4. The summed E-state index contributed by atoms with van der Waals surface area (Å²) in [4.78, 5) is 18.2. The zero-order valence-electron chi connectivity index (χ0n) is 41.4. The number of para-hydroxylation sites is 6. The van der Waals surface area contributed by atoms with Gasteiger partial charge in [0.2, 0.25) is 0 Å². The summed E-state index contributed by atoms with van der Waals surface area (Å²) in [5.41, 5.74) is 15.1. The van der Waals surface area contributed by atoms with Crippen LogP contribution in [0.1, 0.15) is 11.1 Å². The van der Waals surface area contributed by atoms with E-state index in [2.05, 4.69) is 136 Å². The molecule has 0 aliphatic rings. The third-order valence-corrected chi connectivity index (χ3v) is 11.1. The first-order valence-electron chi connectivity index (χ1n) is 23.4. The summed E-state index contributed by atoms with van der Waals surface area (Å²) in [5, 5.41) is 14.0. The molecule has 0 amide bonds. The van der Waals surface area contributed by atoms with Gasteiger partial charge in [-0.15, -0.1) is 108 Å². The number of aliphatic hydroxyl groups excluding tert-OH is 2. The number of aromatic nitrogens is 6. The second kappa shape index (κ2) is 30.3. The van der Waals surface area contributed by atoms with Gasteiger partial charge >= 0.3 is 0 Å². The molecule has 74 heavy (non-hydrogen) atoms. The van der Waals surface area contributed by atoms with Crippen LogP contribution in [-0.4, -0.2) is 53.5 Å². The number of nitrogens with zero attached hydrogens (tertiary/aromatic N) is 6. The Morgan fingerprint density at radius 2 is 0.703 bits per heavy atom. The zero-order valence-corrected chi connectivity index (χ0v) is 46.2. The summed E-state index contributed by atoms with van der Waals surface area (Å²) >= 11 is 0. The number of hydrogen-bond donors (Lipinski definition) is 2. The van der Waals surface area contributed by atoms with Crippen molar-refractivity contribution in [3.63, 3.8) is 0 Å². The smallest absolute Gasteiger partial charge is 0.145 e. The Labute approximate surface area is 461 Å². The molecule has 374 valence electrons. The third-order valence-electron chi connectivity index (χ3n) is 11.1. The SMILES string of the molecule is CO.CO.Cc1cccnc1-c1[c-]cccc1.Cc1cccnc1-c1[c-]cccc1.[Ir].[Ir].[c-]1ccccc1-c1nc2ccccc2n1-c1ccccc1.c1ccc(-c2nc3ccccc3n2-c2ccccc2)cc1. The number of fused-ring (bicyclic) bond motifs is 2. The van der Waals surface area contributed by atoms with Gasteiger partial charge in [0.25, 0.3) is 0 Å². The molecule has 8 aromatic carbocycles. The maximum Gasteiger partial charge on any atom is 0.145 e. The van der Waals surface area contributed by atoms with E-state index in [4.69, 9.17) is 20.2 Å². The third kappa shape index (κ3) is 14.7. The van der Waals surface area contributed by atoms with Gasteiger partial charge in [-0.05, 0) is 85.9 Å². The fraction of sp³-hybridized carbons (Fsp3) is 0.0625. The van der Waals surface area contributed by atoms with Crippen molar-refractivity contribution < 1.29 is 50.4 Å². The Morgan fingerprint density at radius 1 is 0.351 bits per heavy atom. The molecule has 0 unspecified atom stereocenters. The summed E-state index contributed by atoms with van der Waals surface area (Å²) < 4.78 is 4.39. The maximum atomic E-state index is 7.00. The van der Waals surface area contributed by atoms with E-state index in [1.165, 1.54) is 11.1 Å². The van der Waals surface area contributed by atoms with Crippen molar-refractivity contribution in [2.45, 2.75) is 13.8 Å². The monoisotopic (exact) mass is 1330 g/mol. The van der Waals surface area contributed by atoms with E-state index in [0.29, 0.717) is 0 Å². The van der Waals surface area contributed by atoms with Gasteiger partial charge in [0.1, 0.15) is 5.82 Å². The van der Waals surface area contributed by atoms with Crippen molar-refractivity contribution in [1.82, 2.24) is 29.1 Å². The minimum absolute atomic E-state index is 0. The van der Waals surface area contributed by atoms with Gasteiger partial charge in [-0.2, -0.15) is 0 Å². The number of pyridine rings is 2. The molecule has 10 heteroatoms. The predicted octanol–water partition coefficient (Wildman–Crippen LogP) is 14.1. The quantitative estimate of drug-likeness (QED) is 0.161. The van der Waals surface area contributed by atoms with Crippen LogP contribution in [0.3, 0.4) is 0 Å². The molecule has 0 spiro atoms. The van der Waals surface area contributed by atoms with Crippen molar-refractivity contribution >= 4 is 22.1 Å². The molecule has 0 saturated heterocycles.